The van der Waals surface area contributed by atoms with Gasteiger partial charge >= 0.3 is 6.03 Å². The number of carbonyl (C=O) groups is 1. The summed E-state index contributed by atoms with van der Waals surface area (Å²) in [5, 5.41) is 2.84. The van der Waals surface area contributed by atoms with Crippen molar-refractivity contribution in [3.63, 3.8) is 0 Å². The molecular formula is C12H18N2O3. The molecule has 0 saturated carbocycles. The van der Waals surface area contributed by atoms with Crippen LogP contribution in [-0.2, 0) is 11.3 Å². The molecule has 1 aromatic rings. The van der Waals surface area contributed by atoms with Gasteiger partial charge < -0.3 is 19.4 Å². The molecular weight excluding hydrogens is 220 g/mol. The quantitative estimate of drug-likeness (QED) is 0.870. The number of nitrogens with one attached hydrogen (secondary N) is 1. The van der Waals surface area contributed by atoms with E-state index in [-0.39, 0.29) is 12.1 Å². The highest BCUT2D eigenvalue weighted by molar-refractivity contribution is 5.74. The Morgan fingerprint density at radius 2 is 2.53 bits per heavy atom. The van der Waals surface area contributed by atoms with Crippen LogP contribution in [0, 0.1) is 0 Å². The smallest absolute Gasteiger partial charge is 0.317 e. The van der Waals surface area contributed by atoms with Crippen LogP contribution in [0.5, 0.6) is 0 Å². The molecule has 1 aliphatic rings. The van der Waals surface area contributed by atoms with Crippen LogP contribution in [0.25, 0.3) is 0 Å². The van der Waals surface area contributed by atoms with Gasteiger partial charge in [-0.15, -0.1) is 0 Å². The van der Waals surface area contributed by atoms with Crippen molar-refractivity contribution in [2.45, 2.75) is 26.0 Å². The Labute approximate surface area is 101 Å². The molecule has 1 N–H and O–H groups in total. The average Bonchev–Trinajstić information content (AvgIpc) is 2.89. The third-order valence-corrected chi connectivity index (χ3v) is 2.88. The van der Waals surface area contributed by atoms with Gasteiger partial charge in [-0.05, 0) is 18.6 Å². The molecule has 1 fully saturated rings. The number of rotatable bonds is 3. The zero-order valence-electron chi connectivity index (χ0n) is 10.0. The summed E-state index contributed by atoms with van der Waals surface area (Å²) < 4.78 is 10.7. The molecule has 0 aliphatic carbocycles. The molecule has 0 spiro atoms. The minimum atomic E-state index is -0.0526. The van der Waals surface area contributed by atoms with Crippen molar-refractivity contribution in [2.75, 3.05) is 19.7 Å². The SMILES string of the molecule is CC[C@@H]1CN(C(=O)NCc2ccco2)CCO1. The maximum atomic E-state index is 11.9. The molecule has 1 saturated heterocycles. The van der Waals surface area contributed by atoms with Crippen LogP contribution in [0.1, 0.15) is 19.1 Å². The van der Waals surface area contributed by atoms with Crippen LogP contribution in [0.4, 0.5) is 4.79 Å². The largest absolute Gasteiger partial charge is 0.467 e. The molecule has 2 amide bonds. The van der Waals surface area contributed by atoms with Gasteiger partial charge in [0, 0.05) is 13.1 Å². The lowest BCUT2D eigenvalue weighted by Crippen LogP contribution is -2.49. The summed E-state index contributed by atoms with van der Waals surface area (Å²) in [5.41, 5.74) is 0. The molecule has 2 rings (SSSR count). The highest BCUT2D eigenvalue weighted by Gasteiger charge is 2.22. The van der Waals surface area contributed by atoms with Crippen LogP contribution < -0.4 is 5.32 Å². The van der Waals surface area contributed by atoms with E-state index < -0.39 is 0 Å². The zero-order chi connectivity index (χ0) is 12.1. The Balaban J connectivity index is 1.79. The lowest BCUT2D eigenvalue weighted by atomic mass is 10.2. The van der Waals surface area contributed by atoms with Crippen molar-refractivity contribution < 1.29 is 13.9 Å². The third-order valence-electron chi connectivity index (χ3n) is 2.88. The van der Waals surface area contributed by atoms with Crippen molar-refractivity contribution in [3.8, 4) is 0 Å². The first kappa shape index (κ1) is 12.0. The molecule has 0 bridgehead atoms. The van der Waals surface area contributed by atoms with E-state index in [9.17, 15) is 4.79 Å². The second-order valence-corrected chi connectivity index (χ2v) is 4.09. The predicted molar refractivity (Wildman–Crippen MR) is 62.5 cm³/mol. The van der Waals surface area contributed by atoms with Crippen molar-refractivity contribution in [2.24, 2.45) is 0 Å². The molecule has 0 radical (unpaired) electrons. The predicted octanol–water partition coefficient (Wildman–Crippen LogP) is 1.60. The van der Waals surface area contributed by atoms with Gasteiger partial charge in [-0.2, -0.15) is 0 Å². The molecule has 1 aliphatic heterocycles. The van der Waals surface area contributed by atoms with E-state index in [2.05, 4.69) is 12.2 Å². The Kier molecular flexibility index (Phi) is 4.03. The van der Waals surface area contributed by atoms with Crippen molar-refractivity contribution in [3.05, 3.63) is 24.2 Å². The summed E-state index contributed by atoms with van der Waals surface area (Å²) in [6.07, 6.45) is 2.70. The van der Waals surface area contributed by atoms with E-state index in [1.165, 1.54) is 0 Å². The molecule has 94 valence electrons. The first-order chi connectivity index (χ1) is 8.29. The summed E-state index contributed by atoms with van der Waals surface area (Å²) in [7, 11) is 0. The second kappa shape index (κ2) is 5.72. The number of hydrogen-bond donors (Lipinski definition) is 1. The zero-order valence-corrected chi connectivity index (χ0v) is 10.0. The van der Waals surface area contributed by atoms with E-state index in [0.717, 1.165) is 12.2 Å². The number of carbonyl (C=O) groups excluding carboxylic acids is 1. The standard InChI is InChI=1S/C12H18N2O3/c1-2-10-9-14(5-7-17-10)12(15)13-8-11-4-3-6-16-11/h3-4,6,10H,2,5,7-9H2,1H3,(H,13,15)/t10-/m1/s1. The van der Waals surface area contributed by atoms with Crippen LogP contribution in [-0.4, -0.2) is 36.7 Å². The fraction of sp³-hybridized carbons (Fsp3) is 0.583. The highest BCUT2D eigenvalue weighted by atomic mass is 16.5. The van der Waals surface area contributed by atoms with Crippen molar-refractivity contribution in [1.82, 2.24) is 10.2 Å². The van der Waals surface area contributed by atoms with Gasteiger partial charge in [0.2, 0.25) is 0 Å². The van der Waals surface area contributed by atoms with Crippen LogP contribution in [0.3, 0.4) is 0 Å². The molecule has 0 unspecified atom stereocenters. The Bertz CT molecular complexity index is 351. The Hall–Kier alpha value is -1.49. The lowest BCUT2D eigenvalue weighted by Gasteiger charge is -2.32. The van der Waals surface area contributed by atoms with E-state index in [0.29, 0.717) is 26.2 Å². The van der Waals surface area contributed by atoms with Gasteiger partial charge in [0.1, 0.15) is 5.76 Å². The van der Waals surface area contributed by atoms with Crippen LogP contribution in [0.2, 0.25) is 0 Å². The first-order valence-corrected chi connectivity index (χ1v) is 5.96. The van der Waals surface area contributed by atoms with Crippen molar-refractivity contribution >= 4 is 6.03 Å². The monoisotopic (exact) mass is 238 g/mol. The number of nitrogens with zero attached hydrogens (tertiary/aromatic N) is 1. The maximum absolute atomic E-state index is 11.9. The molecule has 5 nitrogen and oxygen atoms in total. The van der Waals surface area contributed by atoms with Crippen LogP contribution >= 0.6 is 0 Å². The molecule has 1 atom stereocenters. The summed E-state index contributed by atoms with van der Waals surface area (Å²) in [5.74, 6) is 0.763. The lowest BCUT2D eigenvalue weighted by molar-refractivity contribution is -0.0154. The number of ether oxygens (including phenoxy) is 1. The average molecular weight is 238 g/mol. The highest BCUT2D eigenvalue weighted by Crippen LogP contribution is 2.08. The number of morpholine rings is 1. The molecule has 1 aromatic heterocycles. The molecule has 5 heteroatoms. The number of hydrogen-bond acceptors (Lipinski definition) is 3. The van der Waals surface area contributed by atoms with Gasteiger partial charge in [0.25, 0.3) is 0 Å². The minimum Gasteiger partial charge on any atom is -0.467 e. The van der Waals surface area contributed by atoms with Gasteiger partial charge in [0.05, 0.1) is 25.5 Å². The van der Waals surface area contributed by atoms with E-state index in [1.807, 2.05) is 12.1 Å². The summed E-state index contributed by atoms with van der Waals surface area (Å²) in [6, 6.07) is 3.60. The maximum Gasteiger partial charge on any atom is 0.317 e. The molecule has 2 heterocycles. The van der Waals surface area contributed by atoms with Crippen molar-refractivity contribution in [1.29, 1.82) is 0 Å². The Morgan fingerprint density at radius 3 is 3.24 bits per heavy atom. The first-order valence-electron chi connectivity index (χ1n) is 5.96. The van der Waals surface area contributed by atoms with E-state index in [1.54, 1.807) is 11.2 Å². The summed E-state index contributed by atoms with van der Waals surface area (Å²) in [6.45, 7) is 4.43. The topological polar surface area (TPSA) is 54.7 Å². The summed E-state index contributed by atoms with van der Waals surface area (Å²) in [4.78, 5) is 13.7. The number of urea groups is 1. The number of amides is 2. The normalized spacial score (nSPS) is 20.3. The second-order valence-electron chi connectivity index (χ2n) is 4.09. The molecule has 17 heavy (non-hydrogen) atoms. The van der Waals surface area contributed by atoms with E-state index >= 15 is 0 Å². The molecule has 0 aromatic carbocycles. The van der Waals surface area contributed by atoms with Crippen LogP contribution in [0.15, 0.2) is 22.8 Å². The number of furan rings is 1. The van der Waals surface area contributed by atoms with E-state index in [4.69, 9.17) is 9.15 Å². The van der Waals surface area contributed by atoms with Gasteiger partial charge in [-0.1, -0.05) is 6.92 Å². The van der Waals surface area contributed by atoms with Gasteiger partial charge in [0.15, 0.2) is 0 Å². The summed E-state index contributed by atoms with van der Waals surface area (Å²) >= 11 is 0. The third kappa shape index (κ3) is 3.23. The fourth-order valence-corrected chi connectivity index (χ4v) is 1.84. The minimum absolute atomic E-state index is 0.0526. The fourth-order valence-electron chi connectivity index (χ4n) is 1.84. The Morgan fingerprint density at radius 1 is 1.65 bits per heavy atom. The van der Waals surface area contributed by atoms with Gasteiger partial charge in [-0.25, -0.2) is 4.79 Å². The van der Waals surface area contributed by atoms with Gasteiger partial charge in [-0.3, -0.25) is 0 Å².